The molecule has 1 aliphatic heterocycles. The van der Waals surface area contributed by atoms with Crippen molar-refractivity contribution >= 4 is 44.6 Å². The maximum atomic E-state index is 6.98. The van der Waals surface area contributed by atoms with Crippen molar-refractivity contribution < 1.29 is 25.8 Å². The molecule has 0 aliphatic carbocycles. The van der Waals surface area contributed by atoms with E-state index in [4.69, 9.17) is 9.72 Å². The van der Waals surface area contributed by atoms with E-state index in [1.165, 1.54) is 38.8 Å². The Morgan fingerprint density at radius 3 is 1.65 bits per heavy atom. The number of benzene rings is 6. The average Bonchev–Trinajstić information content (AvgIpc) is 3.83. The first kappa shape index (κ1) is 54.1. The number of nitrogens with zero attached hydrogens (tertiary/aromatic N) is 4. The fourth-order valence-corrected chi connectivity index (χ4v) is 9.54. The fraction of sp³-hybridized carbons (Fsp3) is 0.348. The summed E-state index contributed by atoms with van der Waals surface area (Å²) in [5.41, 5.74) is 14.4. The number of aromatic nitrogens is 2. The third-order valence-electron chi connectivity index (χ3n) is 14.4. The Labute approximate surface area is 447 Å². The molecule has 0 unspecified atom stereocenters. The summed E-state index contributed by atoms with van der Waals surface area (Å²) in [6.07, 6.45) is 1.93. The number of fused-ring (bicyclic) bond motifs is 4. The van der Waals surface area contributed by atoms with Gasteiger partial charge < -0.3 is 26.5 Å². The largest absolute Gasteiger partial charge is 4.00 e. The van der Waals surface area contributed by atoms with E-state index in [0.717, 1.165) is 50.6 Å². The summed E-state index contributed by atoms with van der Waals surface area (Å²) in [7, 11) is 0. The number of hydrogen-bond donors (Lipinski definition) is 0. The molecule has 9 rings (SSSR count). The van der Waals surface area contributed by atoms with Gasteiger partial charge in [-0.15, -0.1) is 53.6 Å². The molecule has 5 nitrogen and oxygen atoms in total. The zero-order valence-electron chi connectivity index (χ0n) is 46.2. The van der Waals surface area contributed by atoms with Crippen LogP contribution in [0.15, 0.2) is 128 Å². The number of ether oxygens (including phenoxy) is 1. The minimum absolute atomic E-state index is 0. The summed E-state index contributed by atoms with van der Waals surface area (Å²) in [5.74, 6) is 2.10. The van der Waals surface area contributed by atoms with Gasteiger partial charge in [0.2, 0.25) is 0 Å². The van der Waals surface area contributed by atoms with Crippen LogP contribution in [-0.2, 0) is 53.6 Å². The summed E-state index contributed by atoms with van der Waals surface area (Å²) >= 11 is 0. The second-order valence-electron chi connectivity index (χ2n) is 25.3. The Balaban J connectivity index is 0.00000380. The molecule has 0 amide bonds. The number of rotatable bonds is 7. The van der Waals surface area contributed by atoms with Crippen molar-refractivity contribution in [2.24, 2.45) is 0 Å². The van der Waals surface area contributed by atoms with Crippen molar-refractivity contribution in [1.82, 2.24) is 9.55 Å². The van der Waals surface area contributed by atoms with Crippen LogP contribution in [0.25, 0.3) is 27.6 Å². The van der Waals surface area contributed by atoms with Gasteiger partial charge in [-0.25, -0.2) is 4.98 Å². The van der Waals surface area contributed by atoms with Crippen LogP contribution in [0.3, 0.4) is 0 Å². The van der Waals surface area contributed by atoms with Crippen molar-refractivity contribution in [3.05, 3.63) is 193 Å². The van der Waals surface area contributed by atoms with Crippen molar-refractivity contribution in [3.63, 3.8) is 0 Å². The van der Waals surface area contributed by atoms with Crippen LogP contribution in [0.2, 0.25) is 0 Å². The van der Waals surface area contributed by atoms with E-state index in [0.29, 0.717) is 11.5 Å². The normalized spacial score (nSPS) is 13.6. The van der Waals surface area contributed by atoms with Gasteiger partial charge in [0.05, 0.1) is 0 Å². The molecular weight excluding hydrogens is 1060 g/mol. The average molecular weight is 1140 g/mol. The molecule has 0 saturated carbocycles. The van der Waals surface area contributed by atoms with Crippen LogP contribution in [0.4, 0.5) is 22.7 Å². The Hall–Kier alpha value is -5.64. The van der Waals surface area contributed by atoms with Gasteiger partial charge in [0.25, 0.3) is 0 Å². The monoisotopic (exact) mass is 1140 g/mol. The van der Waals surface area contributed by atoms with Gasteiger partial charge in [0, 0.05) is 45.7 Å². The molecule has 6 heteroatoms. The molecule has 1 aliphatic rings. The van der Waals surface area contributed by atoms with Crippen LogP contribution in [-0.4, -0.2) is 9.55 Å². The maximum Gasteiger partial charge on any atom is 4.00 e. The van der Waals surface area contributed by atoms with Gasteiger partial charge in [0.1, 0.15) is 5.82 Å². The van der Waals surface area contributed by atoms with E-state index in [-0.39, 0.29) is 61.0 Å². The van der Waals surface area contributed by atoms with Gasteiger partial charge in [-0.05, 0) is 108 Å². The molecule has 0 N–H and O–H groups in total. The molecule has 0 radical (unpaired) electrons. The van der Waals surface area contributed by atoms with Gasteiger partial charge in [-0.2, -0.15) is 6.07 Å². The van der Waals surface area contributed by atoms with Crippen molar-refractivity contribution in [3.8, 4) is 17.3 Å². The molecular formula is C66H76N4OPt. The topological polar surface area (TPSA) is 33.5 Å². The third-order valence-corrected chi connectivity index (χ3v) is 14.4. The van der Waals surface area contributed by atoms with Crippen LogP contribution in [0, 0.1) is 26.2 Å². The minimum atomic E-state index is -0.234. The van der Waals surface area contributed by atoms with Gasteiger partial charge >= 0.3 is 21.1 Å². The molecule has 0 spiro atoms. The van der Waals surface area contributed by atoms with Gasteiger partial charge in [0.15, 0.2) is 0 Å². The predicted octanol–water partition coefficient (Wildman–Crippen LogP) is 18.2. The van der Waals surface area contributed by atoms with Crippen molar-refractivity contribution in [2.45, 2.75) is 150 Å². The molecule has 0 saturated heterocycles. The quantitative estimate of drug-likeness (QED) is 0.149. The number of pyridine rings is 1. The van der Waals surface area contributed by atoms with E-state index in [9.17, 15) is 0 Å². The van der Waals surface area contributed by atoms with Gasteiger partial charge in [-0.3, -0.25) is 0 Å². The Morgan fingerprint density at radius 1 is 0.458 bits per heavy atom. The molecule has 0 fully saturated rings. The Bertz CT molecular complexity index is 3240. The molecule has 6 aromatic carbocycles. The smallest absolute Gasteiger partial charge is 0.509 e. The predicted molar refractivity (Wildman–Crippen MR) is 303 cm³/mol. The van der Waals surface area contributed by atoms with Crippen LogP contribution >= 0.6 is 0 Å². The summed E-state index contributed by atoms with van der Waals surface area (Å²) in [6.45, 7) is 41.0. The summed E-state index contributed by atoms with van der Waals surface area (Å²) in [5, 5.41) is 2.27. The molecule has 2 aromatic heterocycles. The standard InChI is InChI=1S/C65H73N4O.CH3.Pt/c1-60(2,3)43-23-27-55-54(36-43)53-26-25-51(40-57(53)69(55)59-38-44(29-30-66-59)61(4,5)6)70-52-35-48(64(13,14)15)34-50(39-52)67-41-68(49-32-46(62(7,8)9)31-47(33-49)63(10,11)12)58-37-45(24-28-56(58)67)65(16,17)42-21-19-18-20-22-42;;/h18-38,41H,1-17H3;1H3;/q-3;-1;+4. The fourth-order valence-electron chi connectivity index (χ4n) is 9.54. The third kappa shape index (κ3) is 10.4. The summed E-state index contributed by atoms with van der Waals surface area (Å²) in [6, 6.07) is 52.3. The van der Waals surface area contributed by atoms with Crippen LogP contribution < -0.4 is 14.5 Å². The van der Waals surface area contributed by atoms with E-state index < -0.39 is 0 Å². The Morgan fingerprint density at radius 2 is 1.04 bits per heavy atom. The second kappa shape index (κ2) is 19.0. The summed E-state index contributed by atoms with van der Waals surface area (Å²) in [4.78, 5) is 9.65. The second-order valence-corrected chi connectivity index (χ2v) is 25.3. The first-order valence-corrected chi connectivity index (χ1v) is 25.1. The number of hydrogen-bond acceptors (Lipinski definition) is 4. The van der Waals surface area contributed by atoms with Crippen LogP contribution in [0.5, 0.6) is 11.5 Å². The zero-order valence-corrected chi connectivity index (χ0v) is 48.5. The molecule has 376 valence electrons. The molecule has 0 atom stereocenters. The van der Waals surface area contributed by atoms with E-state index in [1.807, 2.05) is 6.20 Å². The maximum absolute atomic E-state index is 6.98. The molecule has 8 aromatic rings. The molecule has 0 bridgehead atoms. The minimum Gasteiger partial charge on any atom is -0.509 e. The molecule has 72 heavy (non-hydrogen) atoms. The summed E-state index contributed by atoms with van der Waals surface area (Å²) < 4.78 is 9.23. The van der Waals surface area contributed by atoms with E-state index >= 15 is 0 Å². The Kier molecular flexibility index (Phi) is 14.3. The molecule has 3 heterocycles. The SMILES string of the molecule is CC(C)(C)c1cc(Oc2[c-]c3c(cc2)c2cc(C(C)(C)C)ccc2n3-c2cc(C(C)(C)C)ccn2)[c-]c(N2[CH-]N(c3cc(C(C)(C)C)cc(C(C)(C)C)c3)c3cc(C(C)(C)c4ccccc4)ccc32)c1.[CH3-].[Pt+4]. The van der Waals surface area contributed by atoms with Crippen LogP contribution in [0.1, 0.15) is 157 Å². The zero-order chi connectivity index (χ0) is 50.5. The van der Waals surface area contributed by atoms with Crippen molar-refractivity contribution in [2.75, 3.05) is 9.80 Å². The number of anilines is 4. The van der Waals surface area contributed by atoms with E-state index in [2.05, 4.69) is 272 Å². The van der Waals surface area contributed by atoms with Gasteiger partial charge in [-0.1, -0.05) is 178 Å². The first-order chi connectivity index (χ1) is 32.6. The first-order valence-electron chi connectivity index (χ1n) is 25.1. The van der Waals surface area contributed by atoms with Crippen molar-refractivity contribution in [1.29, 1.82) is 0 Å². The van der Waals surface area contributed by atoms with E-state index in [1.54, 1.807) is 0 Å².